The van der Waals surface area contributed by atoms with E-state index in [0.717, 1.165) is 23.0 Å². The molecule has 0 unspecified atom stereocenters. The fraction of sp³-hybridized carbons (Fsp3) is 0.294. The molecule has 0 spiro atoms. The van der Waals surface area contributed by atoms with Crippen LogP contribution in [0.4, 0.5) is 5.69 Å². The Balaban J connectivity index is 1.90. The minimum absolute atomic E-state index is 0.607. The molecule has 0 aliphatic heterocycles. The first-order chi connectivity index (χ1) is 9.58. The minimum atomic E-state index is 0.607. The third-order valence-corrected chi connectivity index (χ3v) is 3.47. The molecule has 3 heteroatoms. The molecule has 0 aromatic heterocycles. The van der Waals surface area contributed by atoms with Crippen molar-refractivity contribution in [2.24, 2.45) is 0 Å². The van der Waals surface area contributed by atoms with Crippen LogP contribution >= 0.6 is 11.6 Å². The summed E-state index contributed by atoms with van der Waals surface area (Å²) in [4.78, 5) is 0. The Morgan fingerprint density at radius 3 is 2.35 bits per heavy atom. The highest BCUT2D eigenvalue weighted by Crippen LogP contribution is 2.24. The topological polar surface area (TPSA) is 21.3 Å². The third kappa shape index (κ3) is 3.67. The first-order valence-corrected chi connectivity index (χ1v) is 7.15. The van der Waals surface area contributed by atoms with Gasteiger partial charge in [0.05, 0.1) is 10.7 Å². The first-order valence-electron chi connectivity index (χ1n) is 6.77. The highest BCUT2D eigenvalue weighted by molar-refractivity contribution is 6.33. The van der Waals surface area contributed by atoms with Gasteiger partial charge in [0, 0.05) is 6.54 Å². The van der Waals surface area contributed by atoms with Gasteiger partial charge in [-0.25, -0.2) is 0 Å². The van der Waals surface area contributed by atoms with E-state index < -0.39 is 0 Å². The normalized spacial score (nSPS) is 10.4. The molecule has 20 heavy (non-hydrogen) atoms. The molecular formula is C17H20ClNO. The highest BCUT2D eigenvalue weighted by Gasteiger charge is 2.05. The largest absolute Gasteiger partial charge is 0.491 e. The zero-order valence-electron chi connectivity index (χ0n) is 12.2. The van der Waals surface area contributed by atoms with Crippen molar-refractivity contribution in [1.29, 1.82) is 0 Å². The van der Waals surface area contributed by atoms with E-state index in [1.807, 2.05) is 24.3 Å². The molecule has 106 valence electrons. The van der Waals surface area contributed by atoms with E-state index in [-0.39, 0.29) is 0 Å². The number of aryl methyl sites for hydroxylation is 3. The lowest BCUT2D eigenvalue weighted by molar-refractivity contribution is 0.328. The van der Waals surface area contributed by atoms with Crippen LogP contribution in [0.3, 0.4) is 0 Å². The second-order valence-corrected chi connectivity index (χ2v) is 5.39. The smallest absolute Gasteiger partial charge is 0.125 e. The van der Waals surface area contributed by atoms with Gasteiger partial charge in [-0.1, -0.05) is 41.4 Å². The Kier molecular flexibility index (Phi) is 4.91. The summed E-state index contributed by atoms with van der Waals surface area (Å²) >= 11 is 6.08. The standard InChI is InChI=1S/C17H20ClNO/c1-12-10-13(2)17(14(3)11-12)20-9-8-19-16-7-5-4-6-15(16)18/h4-7,10-11,19H,8-9H2,1-3H3. The van der Waals surface area contributed by atoms with E-state index in [4.69, 9.17) is 16.3 Å². The van der Waals surface area contributed by atoms with Crippen molar-refractivity contribution in [3.63, 3.8) is 0 Å². The summed E-state index contributed by atoms with van der Waals surface area (Å²) in [7, 11) is 0. The average molecular weight is 290 g/mol. The molecule has 0 saturated heterocycles. The molecule has 2 nitrogen and oxygen atoms in total. The van der Waals surface area contributed by atoms with Crippen LogP contribution in [-0.2, 0) is 0 Å². The lowest BCUT2D eigenvalue weighted by Crippen LogP contribution is -2.12. The van der Waals surface area contributed by atoms with Gasteiger partial charge in [0.1, 0.15) is 12.4 Å². The molecule has 0 atom stereocenters. The van der Waals surface area contributed by atoms with Gasteiger partial charge in [0.2, 0.25) is 0 Å². The summed E-state index contributed by atoms with van der Waals surface area (Å²) in [5.74, 6) is 0.983. The zero-order valence-corrected chi connectivity index (χ0v) is 12.9. The molecule has 1 N–H and O–H groups in total. The van der Waals surface area contributed by atoms with E-state index in [2.05, 4.69) is 38.2 Å². The summed E-state index contributed by atoms with van der Waals surface area (Å²) in [6.45, 7) is 7.59. The van der Waals surface area contributed by atoms with Gasteiger partial charge in [0.25, 0.3) is 0 Å². The zero-order chi connectivity index (χ0) is 14.5. The van der Waals surface area contributed by atoms with Crippen molar-refractivity contribution in [3.05, 3.63) is 58.1 Å². The molecule has 2 aromatic rings. The molecule has 0 bridgehead atoms. The van der Waals surface area contributed by atoms with Gasteiger partial charge in [-0.2, -0.15) is 0 Å². The fourth-order valence-corrected chi connectivity index (χ4v) is 2.54. The lowest BCUT2D eigenvalue weighted by Gasteiger charge is -2.14. The van der Waals surface area contributed by atoms with Crippen LogP contribution in [0.25, 0.3) is 0 Å². The van der Waals surface area contributed by atoms with E-state index in [9.17, 15) is 0 Å². The predicted octanol–water partition coefficient (Wildman–Crippen LogP) is 4.76. The summed E-state index contributed by atoms with van der Waals surface area (Å²) in [5, 5.41) is 4.01. The number of ether oxygens (including phenoxy) is 1. The number of para-hydroxylation sites is 1. The third-order valence-electron chi connectivity index (χ3n) is 3.14. The van der Waals surface area contributed by atoms with E-state index >= 15 is 0 Å². The van der Waals surface area contributed by atoms with Crippen LogP contribution < -0.4 is 10.1 Å². The predicted molar refractivity (Wildman–Crippen MR) is 86.1 cm³/mol. The molecule has 2 aromatic carbocycles. The van der Waals surface area contributed by atoms with Crippen LogP contribution in [0.1, 0.15) is 16.7 Å². The number of halogens is 1. The molecular weight excluding hydrogens is 270 g/mol. The number of hydrogen-bond donors (Lipinski definition) is 1. The van der Waals surface area contributed by atoms with Gasteiger partial charge in [-0.05, 0) is 44.0 Å². The second kappa shape index (κ2) is 6.67. The van der Waals surface area contributed by atoms with Gasteiger partial charge >= 0.3 is 0 Å². The SMILES string of the molecule is Cc1cc(C)c(OCCNc2ccccc2Cl)c(C)c1. The second-order valence-electron chi connectivity index (χ2n) is 4.98. The number of nitrogens with one attached hydrogen (secondary N) is 1. The Labute approximate surface area is 125 Å². The van der Waals surface area contributed by atoms with Crippen LogP contribution in [0.2, 0.25) is 5.02 Å². The van der Waals surface area contributed by atoms with Gasteiger partial charge in [-0.3, -0.25) is 0 Å². The summed E-state index contributed by atoms with van der Waals surface area (Å²) in [6, 6.07) is 12.0. The maximum atomic E-state index is 6.08. The Morgan fingerprint density at radius 1 is 1.05 bits per heavy atom. The van der Waals surface area contributed by atoms with Gasteiger partial charge in [-0.15, -0.1) is 0 Å². The average Bonchev–Trinajstić information content (AvgIpc) is 2.38. The minimum Gasteiger partial charge on any atom is -0.491 e. The van der Waals surface area contributed by atoms with Crippen molar-refractivity contribution in [2.75, 3.05) is 18.5 Å². The maximum Gasteiger partial charge on any atom is 0.125 e. The molecule has 0 amide bonds. The quantitative estimate of drug-likeness (QED) is 0.802. The molecule has 2 rings (SSSR count). The molecule has 0 heterocycles. The Hall–Kier alpha value is -1.67. The summed E-state index contributed by atoms with van der Waals surface area (Å²) < 4.78 is 5.88. The van der Waals surface area contributed by atoms with Crippen LogP contribution in [0.15, 0.2) is 36.4 Å². The summed E-state index contributed by atoms with van der Waals surface area (Å²) in [5.41, 5.74) is 4.57. The molecule has 0 aliphatic rings. The molecule has 0 fully saturated rings. The first kappa shape index (κ1) is 14.7. The van der Waals surface area contributed by atoms with E-state index in [0.29, 0.717) is 6.61 Å². The van der Waals surface area contributed by atoms with Gasteiger partial charge in [0.15, 0.2) is 0 Å². The van der Waals surface area contributed by atoms with Crippen molar-refractivity contribution < 1.29 is 4.74 Å². The molecule has 0 radical (unpaired) electrons. The maximum absolute atomic E-state index is 6.08. The number of hydrogen-bond acceptors (Lipinski definition) is 2. The Bertz CT molecular complexity index is 572. The molecule has 0 saturated carbocycles. The lowest BCUT2D eigenvalue weighted by atomic mass is 10.1. The van der Waals surface area contributed by atoms with Crippen molar-refractivity contribution in [1.82, 2.24) is 0 Å². The number of anilines is 1. The monoisotopic (exact) mass is 289 g/mol. The number of benzene rings is 2. The van der Waals surface area contributed by atoms with Crippen molar-refractivity contribution >= 4 is 17.3 Å². The Morgan fingerprint density at radius 2 is 1.70 bits per heavy atom. The van der Waals surface area contributed by atoms with Crippen molar-refractivity contribution in [3.8, 4) is 5.75 Å². The number of rotatable bonds is 5. The van der Waals surface area contributed by atoms with E-state index in [1.165, 1.54) is 16.7 Å². The van der Waals surface area contributed by atoms with Crippen molar-refractivity contribution in [2.45, 2.75) is 20.8 Å². The van der Waals surface area contributed by atoms with Crippen LogP contribution in [-0.4, -0.2) is 13.2 Å². The highest BCUT2D eigenvalue weighted by atomic mass is 35.5. The van der Waals surface area contributed by atoms with Crippen LogP contribution in [0, 0.1) is 20.8 Å². The summed E-state index contributed by atoms with van der Waals surface area (Å²) in [6.07, 6.45) is 0. The molecule has 0 aliphatic carbocycles. The van der Waals surface area contributed by atoms with Gasteiger partial charge < -0.3 is 10.1 Å². The fourth-order valence-electron chi connectivity index (χ4n) is 2.34. The van der Waals surface area contributed by atoms with E-state index in [1.54, 1.807) is 0 Å². The van der Waals surface area contributed by atoms with Crippen LogP contribution in [0.5, 0.6) is 5.75 Å².